The summed E-state index contributed by atoms with van der Waals surface area (Å²) < 4.78 is 13.2. The van der Waals surface area contributed by atoms with Gasteiger partial charge in [0, 0.05) is 24.1 Å². The van der Waals surface area contributed by atoms with Crippen LogP contribution in [0.3, 0.4) is 0 Å². The van der Waals surface area contributed by atoms with Crippen LogP contribution >= 0.6 is 0 Å². The van der Waals surface area contributed by atoms with Gasteiger partial charge >= 0.3 is 6.03 Å². The van der Waals surface area contributed by atoms with Crippen molar-refractivity contribution >= 4 is 17.6 Å². The zero-order valence-electron chi connectivity index (χ0n) is 16.2. The molecule has 28 heavy (non-hydrogen) atoms. The predicted molar refractivity (Wildman–Crippen MR) is 104 cm³/mol. The van der Waals surface area contributed by atoms with Gasteiger partial charge in [-0.05, 0) is 38.1 Å². The van der Waals surface area contributed by atoms with Gasteiger partial charge in [-0.3, -0.25) is 9.69 Å². The number of quaternary nitrogens is 1. The van der Waals surface area contributed by atoms with Crippen LogP contribution in [-0.4, -0.2) is 35.6 Å². The van der Waals surface area contributed by atoms with Gasteiger partial charge in [0.25, 0.3) is 5.91 Å². The van der Waals surface area contributed by atoms with Gasteiger partial charge in [0.2, 0.25) is 0 Å². The molecule has 1 aliphatic carbocycles. The standard InChI is InChI=1S/C22H24FN3O2/c1-15-3-9-20(10-4-15)26-16(2)21(27)25(22(26)28)14-24(19-11-12-19)13-17-5-7-18(23)8-6-17/h3-10,16,19H,11-14H2,1-2H3/p+1/t16-/m1/s1. The molecule has 0 radical (unpaired) electrons. The highest BCUT2D eigenvalue weighted by Crippen LogP contribution is 2.26. The average Bonchev–Trinajstić information content (AvgIpc) is 3.50. The van der Waals surface area contributed by atoms with Crippen molar-refractivity contribution in [3.63, 3.8) is 0 Å². The van der Waals surface area contributed by atoms with Crippen molar-refractivity contribution in [1.82, 2.24) is 4.90 Å². The van der Waals surface area contributed by atoms with E-state index in [9.17, 15) is 14.0 Å². The molecule has 2 aromatic carbocycles. The minimum atomic E-state index is -0.513. The molecule has 1 saturated heterocycles. The molecule has 6 heteroatoms. The predicted octanol–water partition coefficient (Wildman–Crippen LogP) is 2.50. The Kier molecular flexibility index (Phi) is 4.89. The van der Waals surface area contributed by atoms with Gasteiger partial charge in [-0.2, -0.15) is 0 Å². The molecule has 1 unspecified atom stereocenters. The summed E-state index contributed by atoms with van der Waals surface area (Å²) in [6.45, 7) is 4.77. The van der Waals surface area contributed by atoms with Crippen LogP contribution in [0.1, 0.15) is 30.9 Å². The number of nitrogens with zero attached hydrogens (tertiary/aromatic N) is 2. The van der Waals surface area contributed by atoms with Crippen LogP contribution < -0.4 is 9.80 Å². The minimum Gasteiger partial charge on any atom is -0.311 e. The number of halogens is 1. The summed E-state index contributed by atoms with van der Waals surface area (Å²) in [5, 5.41) is 0. The third-order valence-electron chi connectivity index (χ3n) is 5.62. The van der Waals surface area contributed by atoms with Crippen molar-refractivity contribution in [2.24, 2.45) is 0 Å². The second kappa shape index (κ2) is 7.36. The summed E-state index contributed by atoms with van der Waals surface area (Å²) in [6.07, 6.45) is 2.17. The van der Waals surface area contributed by atoms with Gasteiger partial charge in [-0.1, -0.05) is 29.8 Å². The molecule has 1 heterocycles. The number of urea groups is 1. The molecule has 5 nitrogen and oxygen atoms in total. The van der Waals surface area contributed by atoms with Gasteiger partial charge in [0.05, 0.1) is 6.04 Å². The highest BCUT2D eigenvalue weighted by molar-refractivity contribution is 6.13. The molecule has 3 amide bonds. The zero-order valence-corrected chi connectivity index (χ0v) is 16.2. The third kappa shape index (κ3) is 3.64. The molecule has 1 saturated carbocycles. The molecular formula is C22H25FN3O2+. The maximum absolute atomic E-state index is 13.2. The summed E-state index contributed by atoms with van der Waals surface area (Å²) in [7, 11) is 0. The second-order valence-electron chi connectivity index (χ2n) is 7.82. The van der Waals surface area contributed by atoms with Crippen LogP contribution in [0.4, 0.5) is 14.9 Å². The topological polar surface area (TPSA) is 45.1 Å². The van der Waals surface area contributed by atoms with Crippen LogP contribution in [0.2, 0.25) is 0 Å². The summed E-state index contributed by atoms with van der Waals surface area (Å²) >= 11 is 0. The first-order chi connectivity index (χ1) is 13.4. The number of anilines is 1. The van der Waals surface area contributed by atoms with E-state index < -0.39 is 6.04 Å². The molecule has 0 spiro atoms. The van der Waals surface area contributed by atoms with E-state index in [0.29, 0.717) is 19.3 Å². The Morgan fingerprint density at radius 3 is 2.29 bits per heavy atom. The third-order valence-corrected chi connectivity index (χ3v) is 5.62. The average molecular weight is 382 g/mol. The second-order valence-corrected chi connectivity index (χ2v) is 7.82. The first-order valence-electron chi connectivity index (χ1n) is 9.74. The lowest BCUT2D eigenvalue weighted by atomic mass is 10.2. The molecule has 2 atom stereocenters. The Bertz CT molecular complexity index is 878. The van der Waals surface area contributed by atoms with E-state index in [0.717, 1.165) is 29.7 Å². The Balaban J connectivity index is 1.52. The SMILES string of the molecule is Cc1ccc(N2C(=O)N(C[NH+](Cc3ccc(F)cc3)C3CC3)C(=O)[C@H]2C)cc1. The molecule has 146 valence electrons. The fourth-order valence-electron chi connectivity index (χ4n) is 3.80. The highest BCUT2D eigenvalue weighted by Gasteiger charge is 2.46. The van der Waals surface area contributed by atoms with E-state index in [1.165, 1.54) is 21.9 Å². The molecule has 1 aliphatic heterocycles. The van der Waals surface area contributed by atoms with Crippen LogP contribution in [0.15, 0.2) is 48.5 Å². The van der Waals surface area contributed by atoms with Crippen molar-refractivity contribution in [3.05, 3.63) is 65.5 Å². The van der Waals surface area contributed by atoms with E-state index in [2.05, 4.69) is 0 Å². The van der Waals surface area contributed by atoms with Crippen LogP contribution in [0.25, 0.3) is 0 Å². The summed E-state index contributed by atoms with van der Waals surface area (Å²) in [4.78, 5) is 30.0. The normalized spacial score (nSPS) is 20.8. The number of nitrogens with one attached hydrogen (secondary N) is 1. The summed E-state index contributed by atoms with van der Waals surface area (Å²) in [5.41, 5.74) is 2.85. The number of hydrogen-bond acceptors (Lipinski definition) is 2. The highest BCUT2D eigenvalue weighted by atomic mass is 19.1. The van der Waals surface area contributed by atoms with Crippen molar-refractivity contribution in [2.75, 3.05) is 11.6 Å². The van der Waals surface area contributed by atoms with Crippen molar-refractivity contribution in [3.8, 4) is 0 Å². The van der Waals surface area contributed by atoms with Crippen LogP contribution in [-0.2, 0) is 11.3 Å². The van der Waals surface area contributed by atoms with Gasteiger partial charge in [-0.15, -0.1) is 0 Å². The molecule has 2 fully saturated rings. The van der Waals surface area contributed by atoms with Gasteiger partial charge in [0.15, 0.2) is 6.67 Å². The van der Waals surface area contributed by atoms with Gasteiger partial charge < -0.3 is 4.90 Å². The van der Waals surface area contributed by atoms with E-state index in [-0.39, 0.29) is 17.8 Å². The quantitative estimate of drug-likeness (QED) is 0.781. The maximum Gasteiger partial charge on any atom is 0.336 e. The van der Waals surface area contributed by atoms with Gasteiger partial charge in [0.1, 0.15) is 18.4 Å². The summed E-state index contributed by atoms with van der Waals surface area (Å²) in [5.74, 6) is -0.424. The molecule has 1 N–H and O–H groups in total. The fourth-order valence-corrected chi connectivity index (χ4v) is 3.80. The zero-order chi connectivity index (χ0) is 19.8. The first-order valence-corrected chi connectivity index (χ1v) is 9.74. The Labute approximate surface area is 164 Å². The van der Waals surface area contributed by atoms with E-state index >= 15 is 0 Å². The number of aryl methyl sites for hydroxylation is 1. The van der Waals surface area contributed by atoms with E-state index in [4.69, 9.17) is 0 Å². The van der Waals surface area contributed by atoms with Crippen molar-refractivity contribution in [1.29, 1.82) is 0 Å². The fraction of sp³-hybridized carbons (Fsp3) is 0.364. The largest absolute Gasteiger partial charge is 0.336 e. The molecule has 2 aromatic rings. The lowest BCUT2D eigenvalue weighted by Crippen LogP contribution is -3.13. The lowest BCUT2D eigenvalue weighted by Gasteiger charge is -2.24. The minimum absolute atomic E-state index is 0.164. The monoisotopic (exact) mass is 382 g/mol. The van der Waals surface area contributed by atoms with Crippen LogP contribution in [0.5, 0.6) is 0 Å². The maximum atomic E-state index is 13.2. The molecule has 4 rings (SSSR count). The van der Waals surface area contributed by atoms with E-state index in [1.54, 1.807) is 24.0 Å². The number of amides is 3. The lowest BCUT2D eigenvalue weighted by molar-refractivity contribution is -0.931. The molecule has 2 aliphatic rings. The van der Waals surface area contributed by atoms with Crippen LogP contribution in [0, 0.1) is 12.7 Å². The van der Waals surface area contributed by atoms with Gasteiger partial charge in [-0.25, -0.2) is 14.1 Å². The first kappa shape index (κ1) is 18.6. The number of imide groups is 1. The Morgan fingerprint density at radius 1 is 1.04 bits per heavy atom. The number of carbonyl (C=O) groups is 2. The Hall–Kier alpha value is -2.73. The van der Waals surface area contributed by atoms with E-state index in [1.807, 2.05) is 31.2 Å². The molecular weight excluding hydrogens is 357 g/mol. The molecule has 0 bridgehead atoms. The smallest absolute Gasteiger partial charge is 0.311 e. The number of hydrogen-bond donors (Lipinski definition) is 1. The van der Waals surface area contributed by atoms with Crippen molar-refractivity contribution in [2.45, 2.75) is 45.3 Å². The Morgan fingerprint density at radius 2 is 1.68 bits per heavy atom. The number of carbonyl (C=O) groups excluding carboxylic acids is 2. The molecule has 0 aromatic heterocycles. The number of benzene rings is 2. The van der Waals surface area contributed by atoms with Crippen molar-refractivity contribution < 1.29 is 18.9 Å². The number of rotatable bonds is 6. The summed E-state index contributed by atoms with van der Waals surface area (Å²) in [6, 6.07) is 13.8.